The van der Waals surface area contributed by atoms with Gasteiger partial charge in [0.15, 0.2) is 11.5 Å². The zero-order chi connectivity index (χ0) is 25.2. The Morgan fingerprint density at radius 3 is 2.29 bits per heavy atom. The van der Waals surface area contributed by atoms with Crippen LogP contribution in [0.15, 0.2) is 57.1 Å². The topological polar surface area (TPSA) is 104 Å². The molecule has 0 bridgehead atoms. The van der Waals surface area contributed by atoms with E-state index in [1.54, 1.807) is 38.1 Å². The lowest BCUT2D eigenvalue weighted by atomic mass is 10.2. The molecule has 8 nitrogen and oxygen atoms in total. The van der Waals surface area contributed by atoms with Crippen molar-refractivity contribution in [3.8, 4) is 11.5 Å². The average molecular weight is 505 g/mol. The van der Waals surface area contributed by atoms with Crippen molar-refractivity contribution in [2.45, 2.75) is 37.1 Å². The van der Waals surface area contributed by atoms with Crippen molar-refractivity contribution in [1.29, 1.82) is 0 Å². The largest absolute Gasteiger partial charge is 0.493 e. The smallest absolute Gasteiger partial charge is 0.270 e. The summed E-state index contributed by atoms with van der Waals surface area (Å²) < 4.78 is 38.3. The Balaban J connectivity index is 2.03. The minimum atomic E-state index is -4.23. The summed E-state index contributed by atoms with van der Waals surface area (Å²) in [6.45, 7) is 4.66. The Kier molecular flexibility index (Phi) is 7.38. The number of methoxy groups -OCH3 is 2. The van der Waals surface area contributed by atoms with Crippen molar-refractivity contribution in [2.75, 3.05) is 19.5 Å². The second-order valence-corrected chi connectivity index (χ2v) is 10.0. The number of nitrogens with one attached hydrogen (secondary N) is 1. The molecule has 10 heteroatoms. The third-order valence-electron chi connectivity index (χ3n) is 5.28. The van der Waals surface area contributed by atoms with Gasteiger partial charge in [0.2, 0.25) is 15.7 Å². The average Bonchev–Trinajstić information content (AvgIpc) is 2.77. The normalized spacial score (nSPS) is 11.2. The standard InChI is InChI=1S/C24H25ClN2O6S/c1-14-6-8-19(18(25)10-14)26-22(28)13-27-16(3)11-15(2)23(24(27)29)34(30,31)17-7-9-20(32-4)21(12-17)33-5/h6-12H,13H2,1-5H3,(H,26,28). The molecule has 0 atom stereocenters. The lowest BCUT2D eigenvalue weighted by molar-refractivity contribution is -0.116. The Hall–Kier alpha value is -3.30. The van der Waals surface area contributed by atoms with Crippen LogP contribution in [0.4, 0.5) is 5.69 Å². The number of anilines is 1. The highest BCUT2D eigenvalue weighted by Crippen LogP contribution is 2.32. The first kappa shape index (κ1) is 25.3. The van der Waals surface area contributed by atoms with E-state index in [1.807, 2.05) is 6.92 Å². The number of carbonyl (C=O) groups excluding carboxylic acids is 1. The molecule has 0 aliphatic carbocycles. The highest BCUT2D eigenvalue weighted by Gasteiger charge is 2.27. The number of hydrogen-bond acceptors (Lipinski definition) is 6. The second-order valence-electron chi connectivity index (χ2n) is 7.74. The number of aryl methyl sites for hydroxylation is 3. The number of ether oxygens (including phenoxy) is 2. The van der Waals surface area contributed by atoms with Crippen LogP contribution in [-0.2, 0) is 21.2 Å². The first-order valence-corrected chi connectivity index (χ1v) is 12.1. The fourth-order valence-electron chi connectivity index (χ4n) is 3.59. The van der Waals surface area contributed by atoms with Crippen molar-refractivity contribution in [2.24, 2.45) is 0 Å². The van der Waals surface area contributed by atoms with Gasteiger partial charge < -0.3 is 19.4 Å². The van der Waals surface area contributed by atoms with Crippen LogP contribution >= 0.6 is 11.6 Å². The Bertz CT molecular complexity index is 1430. The molecule has 1 N–H and O–H groups in total. The van der Waals surface area contributed by atoms with Gasteiger partial charge in [-0.15, -0.1) is 0 Å². The van der Waals surface area contributed by atoms with Gasteiger partial charge in [0.1, 0.15) is 11.4 Å². The lowest BCUT2D eigenvalue weighted by Gasteiger charge is -2.16. The number of hydrogen-bond donors (Lipinski definition) is 1. The summed E-state index contributed by atoms with van der Waals surface area (Å²) in [5.41, 5.74) is 1.25. The number of rotatable bonds is 7. The summed E-state index contributed by atoms with van der Waals surface area (Å²) in [7, 11) is -1.40. The van der Waals surface area contributed by atoms with E-state index in [0.29, 0.717) is 22.2 Å². The molecule has 0 spiro atoms. The third-order valence-corrected chi connectivity index (χ3v) is 7.50. The molecule has 0 aliphatic heterocycles. The predicted molar refractivity (Wildman–Crippen MR) is 130 cm³/mol. The van der Waals surface area contributed by atoms with Crippen molar-refractivity contribution in [3.63, 3.8) is 0 Å². The SMILES string of the molecule is COc1ccc(S(=O)(=O)c2c(C)cc(C)n(CC(=O)Nc3ccc(C)cc3Cl)c2=O)cc1OC. The summed E-state index contributed by atoms with van der Waals surface area (Å²) in [6, 6.07) is 10.8. The van der Waals surface area contributed by atoms with E-state index in [9.17, 15) is 18.0 Å². The number of pyridine rings is 1. The molecule has 3 rings (SSSR count). The zero-order valence-electron chi connectivity index (χ0n) is 19.4. The molecule has 1 heterocycles. The van der Waals surface area contributed by atoms with Gasteiger partial charge in [-0.1, -0.05) is 17.7 Å². The number of sulfone groups is 1. The first-order chi connectivity index (χ1) is 16.0. The fraction of sp³-hybridized carbons (Fsp3) is 0.250. The summed E-state index contributed by atoms with van der Waals surface area (Å²) in [6.07, 6.45) is 0. The van der Waals surface area contributed by atoms with E-state index >= 15 is 0 Å². The summed E-state index contributed by atoms with van der Waals surface area (Å²) in [5, 5.41) is 3.02. The van der Waals surface area contributed by atoms with Crippen molar-refractivity contribution >= 4 is 33.0 Å². The van der Waals surface area contributed by atoms with Crippen LogP contribution in [0.2, 0.25) is 5.02 Å². The fourth-order valence-corrected chi connectivity index (χ4v) is 5.44. The number of halogens is 1. The van der Waals surface area contributed by atoms with Crippen molar-refractivity contribution in [3.05, 3.63) is 74.7 Å². The molecular weight excluding hydrogens is 480 g/mol. The molecule has 34 heavy (non-hydrogen) atoms. The van der Waals surface area contributed by atoms with Crippen molar-refractivity contribution < 1.29 is 22.7 Å². The monoisotopic (exact) mass is 504 g/mol. The third kappa shape index (κ3) is 4.95. The maximum absolute atomic E-state index is 13.4. The van der Waals surface area contributed by atoms with E-state index in [0.717, 1.165) is 10.1 Å². The molecule has 0 saturated carbocycles. The molecule has 0 fully saturated rings. The van der Waals surface area contributed by atoms with E-state index in [4.69, 9.17) is 21.1 Å². The maximum atomic E-state index is 13.4. The van der Waals surface area contributed by atoms with Crippen LogP contribution in [0.3, 0.4) is 0 Å². The second kappa shape index (κ2) is 9.90. The Morgan fingerprint density at radius 2 is 1.68 bits per heavy atom. The van der Waals surface area contributed by atoms with Gasteiger partial charge in [-0.2, -0.15) is 0 Å². The van der Waals surface area contributed by atoms with Crippen LogP contribution in [0.5, 0.6) is 11.5 Å². The quantitative estimate of drug-likeness (QED) is 0.523. The number of benzene rings is 2. The number of amides is 1. The van der Waals surface area contributed by atoms with Gasteiger partial charge in [-0.25, -0.2) is 8.42 Å². The molecular formula is C24H25ClN2O6S. The van der Waals surface area contributed by atoms with Crippen LogP contribution in [0.1, 0.15) is 16.8 Å². The van der Waals surface area contributed by atoms with Crippen LogP contribution in [0.25, 0.3) is 0 Å². The summed E-state index contributed by atoms with van der Waals surface area (Å²) in [4.78, 5) is 25.5. The maximum Gasteiger partial charge on any atom is 0.270 e. The predicted octanol–water partition coefficient (Wildman–Crippen LogP) is 3.92. The molecule has 1 amide bonds. The molecule has 180 valence electrons. The van der Waals surface area contributed by atoms with Gasteiger partial charge in [-0.05, 0) is 62.2 Å². The highest BCUT2D eigenvalue weighted by atomic mass is 35.5. The molecule has 0 saturated heterocycles. The Morgan fingerprint density at radius 1 is 1.00 bits per heavy atom. The minimum absolute atomic E-state index is 0.128. The lowest BCUT2D eigenvalue weighted by Crippen LogP contribution is -2.33. The van der Waals surface area contributed by atoms with Crippen LogP contribution < -0.4 is 20.3 Å². The summed E-state index contributed by atoms with van der Waals surface area (Å²) in [5.74, 6) is 0.0446. The van der Waals surface area contributed by atoms with E-state index in [2.05, 4.69) is 5.32 Å². The summed E-state index contributed by atoms with van der Waals surface area (Å²) >= 11 is 6.18. The van der Waals surface area contributed by atoms with Crippen molar-refractivity contribution in [1.82, 2.24) is 4.57 Å². The van der Waals surface area contributed by atoms with Gasteiger partial charge >= 0.3 is 0 Å². The number of nitrogens with zero attached hydrogens (tertiary/aromatic N) is 1. The molecule has 1 aromatic heterocycles. The molecule has 0 unspecified atom stereocenters. The first-order valence-electron chi connectivity index (χ1n) is 10.2. The molecule has 2 aromatic carbocycles. The number of carbonyl (C=O) groups is 1. The highest BCUT2D eigenvalue weighted by molar-refractivity contribution is 7.91. The minimum Gasteiger partial charge on any atom is -0.493 e. The molecule has 3 aromatic rings. The van der Waals surface area contributed by atoms with E-state index in [-0.39, 0.29) is 22.8 Å². The van der Waals surface area contributed by atoms with Gasteiger partial charge in [0.05, 0.1) is 29.8 Å². The van der Waals surface area contributed by atoms with Crippen LogP contribution in [-0.4, -0.2) is 33.1 Å². The van der Waals surface area contributed by atoms with Gasteiger partial charge in [0.25, 0.3) is 5.56 Å². The Labute approximate surface area is 203 Å². The van der Waals surface area contributed by atoms with Crippen LogP contribution in [0, 0.1) is 20.8 Å². The molecule has 0 aliphatic rings. The molecule has 0 radical (unpaired) electrons. The van der Waals surface area contributed by atoms with E-state index in [1.165, 1.54) is 32.4 Å². The van der Waals surface area contributed by atoms with E-state index < -0.39 is 26.2 Å². The van der Waals surface area contributed by atoms with Gasteiger partial charge in [-0.3, -0.25) is 9.59 Å². The number of aromatic nitrogens is 1. The zero-order valence-corrected chi connectivity index (χ0v) is 21.0. The van der Waals surface area contributed by atoms with Gasteiger partial charge in [0, 0.05) is 11.8 Å².